The van der Waals surface area contributed by atoms with E-state index in [-0.39, 0.29) is 41.0 Å². The number of carbonyl (C=O) groups excluding carboxylic acids is 3. The number of benzene rings is 1. The first-order valence-electron chi connectivity index (χ1n) is 14.0. The van der Waals surface area contributed by atoms with E-state index in [1.54, 1.807) is 33.7 Å². The molecule has 39 heavy (non-hydrogen) atoms. The average Bonchev–Trinajstić information content (AvgIpc) is 3.53. The van der Waals surface area contributed by atoms with Crippen LogP contribution in [0.2, 0.25) is 0 Å². The molecule has 0 saturated carbocycles. The molecule has 3 saturated heterocycles. The molecular weight excluding hydrogens is 578 g/mol. The van der Waals surface area contributed by atoms with E-state index >= 15 is 0 Å². The number of para-hydroxylation sites is 1. The number of aliphatic hydroxyl groups excluding tert-OH is 1. The van der Waals surface area contributed by atoms with Gasteiger partial charge in [-0.05, 0) is 31.4 Å². The number of alkyl halides is 1. The highest BCUT2D eigenvalue weighted by Crippen LogP contribution is 2.68. The van der Waals surface area contributed by atoms with Gasteiger partial charge in [-0.15, -0.1) is 24.9 Å². The number of fused-ring (bicyclic) bond motifs is 1. The van der Waals surface area contributed by atoms with E-state index in [1.165, 1.54) is 0 Å². The number of thioether (sulfide) groups is 1. The van der Waals surface area contributed by atoms with Crippen molar-refractivity contribution < 1.29 is 19.5 Å². The van der Waals surface area contributed by atoms with E-state index in [0.717, 1.165) is 24.9 Å². The molecule has 0 radical (unpaired) electrons. The highest BCUT2D eigenvalue weighted by atomic mass is 79.9. The summed E-state index contributed by atoms with van der Waals surface area (Å²) in [5.41, 5.74) is 0.763. The number of nitrogens with zero attached hydrogens (tertiary/aromatic N) is 3. The molecule has 0 aromatic heterocycles. The molecule has 1 spiro atoms. The molecule has 2 bridgehead atoms. The molecule has 9 heteroatoms. The maximum atomic E-state index is 14.3. The summed E-state index contributed by atoms with van der Waals surface area (Å²) >= 11 is 5.49. The van der Waals surface area contributed by atoms with Crippen molar-refractivity contribution in [3.8, 4) is 0 Å². The van der Waals surface area contributed by atoms with Crippen LogP contribution in [-0.4, -0.2) is 86.3 Å². The minimum absolute atomic E-state index is 0.00268. The lowest BCUT2D eigenvalue weighted by Gasteiger charge is -2.38. The number of halogens is 1. The van der Waals surface area contributed by atoms with E-state index < -0.39 is 22.6 Å². The quantitative estimate of drug-likeness (QED) is 0.192. The third kappa shape index (κ3) is 5.46. The van der Waals surface area contributed by atoms with Gasteiger partial charge in [0, 0.05) is 48.6 Å². The number of amides is 3. The fraction of sp³-hybridized carbons (Fsp3) is 0.567. The minimum Gasteiger partial charge on any atom is -0.396 e. The van der Waals surface area contributed by atoms with Crippen molar-refractivity contribution in [2.45, 2.75) is 59.9 Å². The van der Waals surface area contributed by atoms with Crippen molar-refractivity contribution in [1.29, 1.82) is 0 Å². The maximum absolute atomic E-state index is 14.3. The van der Waals surface area contributed by atoms with Gasteiger partial charge in [0.15, 0.2) is 0 Å². The van der Waals surface area contributed by atoms with Crippen LogP contribution < -0.4 is 4.90 Å². The molecule has 3 fully saturated rings. The lowest BCUT2D eigenvalue weighted by molar-refractivity contribution is -0.142. The molecule has 1 N–H and O–H groups in total. The van der Waals surface area contributed by atoms with Crippen molar-refractivity contribution in [2.24, 2.45) is 11.8 Å². The number of unbranched alkanes of at least 4 members (excludes halogenated alkanes) is 2. The Hall–Kier alpha value is -2.10. The topological polar surface area (TPSA) is 81.2 Å². The molecular formula is C30H40BrN3O4S. The van der Waals surface area contributed by atoms with Crippen molar-refractivity contribution in [2.75, 3.05) is 37.7 Å². The van der Waals surface area contributed by atoms with Crippen molar-refractivity contribution in [3.63, 3.8) is 0 Å². The lowest BCUT2D eigenvalue weighted by Crippen LogP contribution is -2.56. The van der Waals surface area contributed by atoms with Crippen LogP contribution in [-0.2, 0) is 14.4 Å². The number of hydrogen-bond donors (Lipinski definition) is 1. The molecule has 3 aliphatic rings. The maximum Gasteiger partial charge on any atom is 0.247 e. The smallest absolute Gasteiger partial charge is 0.247 e. The van der Waals surface area contributed by atoms with E-state index in [0.29, 0.717) is 32.5 Å². The van der Waals surface area contributed by atoms with Gasteiger partial charge in [-0.1, -0.05) is 66.0 Å². The van der Waals surface area contributed by atoms with Crippen LogP contribution in [0.25, 0.3) is 0 Å². The Labute approximate surface area is 244 Å². The summed E-state index contributed by atoms with van der Waals surface area (Å²) in [4.78, 5) is 48.0. The Kier molecular flexibility index (Phi) is 9.99. The van der Waals surface area contributed by atoms with Crippen LogP contribution >= 0.6 is 27.7 Å². The van der Waals surface area contributed by atoms with Crippen molar-refractivity contribution >= 4 is 51.1 Å². The Morgan fingerprint density at radius 2 is 1.87 bits per heavy atom. The standard InChI is InChI=1S/C30H40BrN3O4S/c1-4-7-11-17-32(15-5-2)29(38)26-30-20-22(31)25(39-30)23(24(30)28(37)34(26)18-12-19-35)27(36)33(16-6-3)21-13-9-8-10-14-21/h5-6,8-10,13-14,22-26,35H,2-4,7,11-12,15-20H2,1H3/t22?,23-,24+,25-,26?,30?/m1/s1. The molecule has 7 nitrogen and oxygen atoms in total. The van der Waals surface area contributed by atoms with Gasteiger partial charge in [-0.3, -0.25) is 14.4 Å². The van der Waals surface area contributed by atoms with E-state index in [1.807, 2.05) is 35.2 Å². The fourth-order valence-corrected chi connectivity index (χ4v) is 10.2. The molecule has 1 aromatic carbocycles. The second kappa shape index (κ2) is 13.0. The van der Waals surface area contributed by atoms with Crippen molar-refractivity contribution in [3.05, 3.63) is 55.6 Å². The van der Waals surface area contributed by atoms with Gasteiger partial charge in [0.25, 0.3) is 0 Å². The van der Waals surface area contributed by atoms with Gasteiger partial charge in [-0.25, -0.2) is 0 Å². The first kappa shape index (κ1) is 29.9. The predicted octanol–water partition coefficient (Wildman–Crippen LogP) is 4.26. The molecule has 3 aliphatic heterocycles. The zero-order chi connectivity index (χ0) is 28.2. The monoisotopic (exact) mass is 617 g/mol. The van der Waals surface area contributed by atoms with Crippen LogP contribution in [0.5, 0.6) is 0 Å². The Bertz CT molecular complexity index is 1070. The third-order valence-corrected chi connectivity index (χ3v) is 11.4. The minimum atomic E-state index is -0.705. The van der Waals surface area contributed by atoms with Gasteiger partial charge in [0.2, 0.25) is 17.7 Å². The molecule has 3 amide bonds. The molecule has 0 aliphatic carbocycles. The van der Waals surface area contributed by atoms with E-state index in [9.17, 15) is 19.5 Å². The first-order chi connectivity index (χ1) is 18.9. The third-order valence-electron chi connectivity index (χ3n) is 8.20. The average molecular weight is 619 g/mol. The lowest BCUT2D eigenvalue weighted by atomic mass is 9.70. The number of hydrogen-bond acceptors (Lipinski definition) is 5. The number of likely N-dealkylation sites (tertiary alicyclic amines) is 1. The zero-order valence-corrected chi connectivity index (χ0v) is 25.1. The summed E-state index contributed by atoms with van der Waals surface area (Å²) < 4.78 is -0.705. The van der Waals surface area contributed by atoms with Crippen LogP contribution in [0.15, 0.2) is 55.6 Å². The zero-order valence-electron chi connectivity index (χ0n) is 22.7. The SMILES string of the molecule is C=CCN(CCCCC)C(=O)C1N(CCCO)C(=O)[C@@H]2[C@@H](C(=O)N(CC=C)c3ccccc3)[C@@H]3SC12CC3Br. The molecule has 4 rings (SSSR count). The molecule has 1 aromatic rings. The second-order valence-electron chi connectivity index (χ2n) is 10.6. The predicted molar refractivity (Wildman–Crippen MR) is 161 cm³/mol. The Balaban J connectivity index is 1.73. The summed E-state index contributed by atoms with van der Waals surface area (Å²) in [6.45, 7) is 11.4. The fourth-order valence-electron chi connectivity index (χ4n) is 6.59. The molecule has 3 unspecified atom stereocenters. The van der Waals surface area contributed by atoms with Crippen LogP contribution in [0, 0.1) is 11.8 Å². The normalized spacial score (nSPS) is 28.8. The molecule has 212 valence electrons. The summed E-state index contributed by atoms with van der Waals surface area (Å²) in [7, 11) is 0. The second-order valence-corrected chi connectivity index (χ2v) is 13.3. The summed E-state index contributed by atoms with van der Waals surface area (Å²) in [6.07, 6.45) is 7.40. The van der Waals surface area contributed by atoms with Gasteiger partial charge in [0.05, 0.1) is 16.6 Å². The first-order valence-corrected chi connectivity index (χ1v) is 15.8. The number of aliphatic hydroxyl groups is 1. The highest BCUT2D eigenvalue weighted by molar-refractivity contribution is 9.09. The summed E-state index contributed by atoms with van der Waals surface area (Å²) in [6, 6.07) is 8.79. The number of rotatable bonds is 14. The number of anilines is 1. The Morgan fingerprint density at radius 3 is 2.51 bits per heavy atom. The van der Waals surface area contributed by atoms with Crippen LogP contribution in [0.4, 0.5) is 5.69 Å². The van der Waals surface area contributed by atoms with Crippen LogP contribution in [0.3, 0.4) is 0 Å². The highest BCUT2D eigenvalue weighted by Gasteiger charge is 2.76. The summed E-state index contributed by atoms with van der Waals surface area (Å²) in [5, 5.41) is 9.50. The van der Waals surface area contributed by atoms with Crippen LogP contribution in [0.1, 0.15) is 39.0 Å². The van der Waals surface area contributed by atoms with E-state index in [2.05, 4.69) is 36.0 Å². The molecule has 6 atom stereocenters. The number of carbonyl (C=O) groups is 3. The van der Waals surface area contributed by atoms with Gasteiger partial charge >= 0.3 is 0 Å². The van der Waals surface area contributed by atoms with Crippen molar-refractivity contribution in [1.82, 2.24) is 9.80 Å². The Morgan fingerprint density at radius 1 is 1.15 bits per heavy atom. The summed E-state index contributed by atoms with van der Waals surface area (Å²) in [5.74, 6) is -1.49. The van der Waals surface area contributed by atoms with Gasteiger partial charge in [-0.2, -0.15) is 0 Å². The van der Waals surface area contributed by atoms with Gasteiger partial charge in [0.1, 0.15) is 6.04 Å². The van der Waals surface area contributed by atoms with Gasteiger partial charge < -0.3 is 19.8 Å². The largest absolute Gasteiger partial charge is 0.396 e. The van der Waals surface area contributed by atoms with E-state index in [4.69, 9.17) is 0 Å². The molecule has 3 heterocycles.